The molecule has 192 valence electrons. The zero-order chi connectivity index (χ0) is 25.8. The number of primary amides is 1. The first-order valence-electron chi connectivity index (χ1n) is 10.7. The van der Waals surface area contributed by atoms with E-state index in [0.29, 0.717) is 27.2 Å². The van der Waals surface area contributed by atoms with Crippen molar-refractivity contribution in [2.24, 2.45) is 5.73 Å². The van der Waals surface area contributed by atoms with E-state index in [0.717, 1.165) is 5.56 Å². The van der Waals surface area contributed by atoms with Gasteiger partial charge >= 0.3 is 0 Å². The number of carbonyl (C=O) groups excluding carboxylic acids is 2. The Labute approximate surface area is 228 Å². The lowest BCUT2D eigenvalue weighted by atomic mass is 10.1. The van der Waals surface area contributed by atoms with E-state index in [4.69, 9.17) is 51.0 Å². The van der Waals surface area contributed by atoms with E-state index >= 15 is 0 Å². The number of aromatic nitrogens is 2. The van der Waals surface area contributed by atoms with E-state index in [1.165, 1.54) is 0 Å². The van der Waals surface area contributed by atoms with Crippen LogP contribution in [0.2, 0.25) is 15.1 Å². The van der Waals surface area contributed by atoms with Crippen molar-refractivity contribution in [2.75, 3.05) is 12.3 Å². The van der Waals surface area contributed by atoms with E-state index in [2.05, 4.69) is 15.3 Å². The fourth-order valence-electron chi connectivity index (χ4n) is 3.63. The van der Waals surface area contributed by atoms with Crippen molar-refractivity contribution in [3.05, 3.63) is 81.3 Å². The molecule has 0 saturated carbocycles. The van der Waals surface area contributed by atoms with Crippen LogP contribution in [0.1, 0.15) is 13.0 Å². The maximum Gasteiger partial charge on any atom is 0.258 e. The Morgan fingerprint density at radius 2 is 1.73 bits per heavy atom. The van der Waals surface area contributed by atoms with Crippen molar-refractivity contribution >= 4 is 63.5 Å². The van der Waals surface area contributed by atoms with Gasteiger partial charge in [0.05, 0.1) is 16.2 Å². The van der Waals surface area contributed by atoms with Gasteiger partial charge in [0, 0.05) is 22.4 Å². The summed E-state index contributed by atoms with van der Waals surface area (Å²) in [4.78, 5) is 33.2. The molecule has 2 amide bonds. The maximum atomic E-state index is 12.7. The van der Waals surface area contributed by atoms with Crippen LogP contribution in [0.3, 0.4) is 0 Å². The highest BCUT2D eigenvalue weighted by atomic mass is 35.5. The maximum absolute atomic E-state index is 12.7. The number of anilines is 1. The molecule has 5 N–H and O–H groups in total. The third kappa shape index (κ3) is 6.60. The number of amides is 2. The van der Waals surface area contributed by atoms with Crippen LogP contribution in [0.15, 0.2) is 60.7 Å². The number of halogens is 3. The molecule has 0 spiro atoms. The van der Waals surface area contributed by atoms with Gasteiger partial charge in [-0.1, -0.05) is 72.6 Å². The SMILES string of the molecule is C.NC(=O)C(Cc1ccccc1)NC(=O)COc1c(-c2nc(N)nc3ccc(Cl)cc23)ccc(Cl)c1Cl. The Hall–Kier alpha value is -3.59. The Kier molecular flexibility index (Phi) is 9.15. The zero-order valence-electron chi connectivity index (χ0n) is 18.7. The predicted molar refractivity (Wildman–Crippen MR) is 148 cm³/mol. The number of hydrogen-bond acceptors (Lipinski definition) is 6. The van der Waals surface area contributed by atoms with Crippen molar-refractivity contribution in [2.45, 2.75) is 19.9 Å². The number of fused-ring (bicyclic) bond motifs is 1. The minimum absolute atomic E-state index is 0. The molecular formula is C26H24Cl3N5O3. The zero-order valence-corrected chi connectivity index (χ0v) is 20.9. The van der Waals surface area contributed by atoms with E-state index in [1.807, 2.05) is 30.3 Å². The third-order valence-electron chi connectivity index (χ3n) is 5.29. The number of rotatable bonds is 8. The molecule has 0 aliphatic rings. The summed E-state index contributed by atoms with van der Waals surface area (Å²) in [6.07, 6.45) is 0.234. The Morgan fingerprint density at radius 1 is 1.00 bits per heavy atom. The highest BCUT2D eigenvalue weighted by Gasteiger charge is 2.22. The van der Waals surface area contributed by atoms with Crippen molar-refractivity contribution in [1.82, 2.24) is 15.3 Å². The number of nitrogens with zero attached hydrogens (tertiary/aromatic N) is 2. The molecule has 1 atom stereocenters. The van der Waals surface area contributed by atoms with E-state index in [-0.39, 0.29) is 35.6 Å². The summed E-state index contributed by atoms with van der Waals surface area (Å²) in [5.74, 6) is -1.11. The molecule has 8 nitrogen and oxygen atoms in total. The Balaban J connectivity index is 0.00000380. The second-order valence-electron chi connectivity index (χ2n) is 7.83. The van der Waals surface area contributed by atoms with Crippen LogP contribution in [0.4, 0.5) is 5.95 Å². The molecule has 0 saturated heterocycles. The second kappa shape index (κ2) is 12.1. The minimum Gasteiger partial charge on any atom is -0.481 e. The molecule has 0 aliphatic carbocycles. The lowest BCUT2D eigenvalue weighted by molar-refractivity contribution is -0.128. The minimum atomic E-state index is -0.925. The van der Waals surface area contributed by atoms with Crippen molar-refractivity contribution in [3.8, 4) is 17.0 Å². The van der Waals surface area contributed by atoms with Gasteiger partial charge in [-0.15, -0.1) is 0 Å². The summed E-state index contributed by atoms with van der Waals surface area (Å²) in [7, 11) is 0. The highest BCUT2D eigenvalue weighted by Crippen LogP contribution is 2.42. The van der Waals surface area contributed by atoms with Crippen LogP contribution in [-0.2, 0) is 16.0 Å². The first-order chi connectivity index (χ1) is 17.2. The number of hydrogen-bond donors (Lipinski definition) is 3. The van der Waals surface area contributed by atoms with Gasteiger partial charge in [0.25, 0.3) is 5.91 Å². The van der Waals surface area contributed by atoms with Gasteiger partial charge in [0.15, 0.2) is 6.61 Å². The third-order valence-corrected chi connectivity index (χ3v) is 6.31. The van der Waals surface area contributed by atoms with Gasteiger partial charge < -0.3 is 21.5 Å². The molecule has 0 radical (unpaired) electrons. The van der Waals surface area contributed by atoms with Gasteiger partial charge in [-0.25, -0.2) is 9.97 Å². The summed E-state index contributed by atoms with van der Waals surface area (Å²) in [6, 6.07) is 16.6. The Bertz CT molecular complexity index is 1450. The van der Waals surface area contributed by atoms with Gasteiger partial charge in [-0.3, -0.25) is 9.59 Å². The molecule has 1 aromatic heterocycles. The molecule has 1 unspecified atom stereocenters. The van der Waals surface area contributed by atoms with Crippen LogP contribution in [0, 0.1) is 0 Å². The average molecular weight is 561 g/mol. The average Bonchev–Trinajstić information content (AvgIpc) is 2.85. The van der Waals surface area contributed by atoms with Crippen molar-refractivity contribution < 1.29 is 14.3 Å². The van der Waals surface area contributed by atoms with E-state index in [1.54, 1.807) is 30.3 Å². The monoisotopic (exact) mass is 559 g/mol. The van der Waals surface area contributed by atoms with Crippen LogP contribution >= 0.6 is 34.8 Å². The number of carbonyl (C=O) groups is 2. The smallest absolute Gasteiger partial charge is 0.258 e. The lowest BCUT2D eigenvalue weighted by Gasteiger charge is -2.18. The lowest BCUT2D eigenvalue weighted by Crippen LogP contribution is -2.47. The number of ether oxygens (including phenoxy) is 1. The molecule has 4 aromatic rings. The summed E-state index contributed by atoms with van der Waals surface area (Å²) >= 11 is 18.9. The number of nitrogens with one attached hydrogen (secondary N) is 1. The van der Waals surface area contributed by atoms with Gasteiger partial charge in [0.1, 0.15) is 16.8 Å². The molecule has 0 aliphatic heterocycles. The van der Waals surface area contributed by atoms with Gasteiger partial charge in [-0.05, 0) is 35.9 Å². The van der Waals surface area contributed by atoms with E-state index in [9.17, 15) is 9.59 Å². The largest absolute Gasteiger partial charge is 0.481 e. The number of nitrogen functional groups attached to an aromatic ring is 1. The Morgan fingerprint density at radius 3 is 2.43 bits per heavy atom. The first kappa shape index (κ1) is 28.0. The highest BCUT2D eigenvalue weighted by molar-refractivity contribution is 6.43. The summed E-state index contributed by atoms with van der Waals surface area (Å²) in [6.45, 7) is -0.467. The van der Waals surface area contributed by atoms with Crippen molar-refractivity contribution in [1.29, 1.82) is 0 Å². The predicted octanol–water partition coefficient (Wildman–Crippen LogP) is 5.07. The topological polar surface area (TPSA) is 133 Å². The molecule has 1 heterocycles. The molecule has 11 heteroatoms. The van der Waals surface area contributed by atoms with Crippen LogP contribution in [0.25, 0.3) is 22.2 Å². The van der Waals surface area contributed by atoms with Gasteiger partial charge in [-0.2, -0.15) is 0 Å². The fraction of sp³-hybridized carbons (Fsp3) is 0.154. The van der Waals surface area contributed by atoms with Gasteiger partial charge in [0.2, 0.25) is 11.9 Å². The molecule has 0 bridgehead atoms. The normalized spacial score (nSPS) is 11.4. The number of nitrogens with two attached hydrogens (primary N) is 2. The fourth-order valence-corrected chi connectivity index (χ4v) is 4.17. The quantitative estimate of drug-likeness (QED) is 0.276. The number of benzene rings is 3. The van der Waals surface area contributed by atoms with Crippen LogP contribution in [0.5, 0.6) is 5.75 Å². The standard InChI is InChI=1S/C25H20Cl3N5O3.CH4/c26-14-6-9-18-16(11-14)22(33-25(30)32-18)15-7-8-17(27)21(28)23(15)36-12-20(34)31-19(24(29)35)10-13-4-2-1-3-5-13;/h1-9,11,19H,10,12H2,(H2,29,35)(H,31,34)(H2,30,32,33);1H4. The molecule has 3 aromatic carbocycles. The molecule has 4 rings (SSSR count). The summed E-state index contributed by atoms with van der Waals surface area (Å²) < 4.78 is 5.80. The molecule has 37 heavy (non-hydrogen) atoms. The van der Waals surface area contributed by atoms with Crippen LogP contribution in [-0.4, -0.2) is 34.4 Å². The summed E-state index contributed by atoms with van der Waals surface area (Å²) in [5, 5.41) is 3.94. The van der Waals surface area contributed by atoms with Crippen LogP contribution < -0.4 is 21.5 Å². The van der Waals surface area contributed by atoms with E-state index < -0.39 is 24.5 Å². The molecular weight excluding hydrogens is 537 g/mol. The first-order valence-corrected chi connectivity index (χ1v) is 11.8. The second-order valence-corrected chi connectivity index (χ2v) is 9.05. The van der Waals surface area contributed by atoms with Crippen molar-refractivity contribution in [3.63, 3.8) is 0 Å². The summed E-state index contributed by atoms with van der Waals surface area (Å²) in [5.41, 5.74) is 13.6. The molecule has 0 fully saturated rings.